The maximum absolute atomic E-state index is 15.3. The van der Waals surface area contributed by atoms with E-state index in [1.165, 1.54) is 19.3 Å². The second-order valence-corrected chi connectivity index (χ2v) is 8.57. The molecule has 1 saturated heterocycles. The number of hydrogen-bond acceptors (Lipinski definition) is 7. The summed E-state index contributed by atoms with van der Waals surface area (Å²) in [5.74, 6) is -2.67. The van der Waals surface area contributed by atoms with Crippen molar-refractivity contribution >= 4 is 39.7 Å². The topological polar surface area (TPSA) is 88.7 Å². The summed E-state index contributed by atoms with van der Waals surface area (Å²) in [5, 5.41) is 6.29. The molecule has 4 aromatic rings. The van der Waals surface area contributed by atoms with Gasteiger partial charge in [-0.2, -0.15) is 0 Å². The van der Waals surface area contributed by atoms with Gasteiger partial charge in [0.1, 0.15) is 12.1 Å². The summed E-state index contributed by atoms with van der Waals surface area (Å²) >= 11 is 0. The smallest absolute Gasteiger partial charge is 0.288 e. The van der Waals surface area contributed by atoms with E-state index in [1.807, 2.05) is 24.3 Å². The van der Waals surface area contributed by atoms with Gasteiger partial charge in [-0.1, -0.05) is 0 Å². The third-order valence-electron chi connectivity index (χ3n) is 6.16. The third kappa shape index (κ3) is 4.54. The van der Waals surface area contributed by atoms with Crippen molar-refractivity contribution in [1.29, 1.82) is 0 Å². The molecule has 2 N–H and O–H groups in total. The molecule has 0 amide bonds. The van der Waals surface area contributed by atoms with Crippen LogP contribution < -0.4 is 20.3 Å². The first kappa shape index (κ1) is 24.1. The van der Waals surface area contributed by atoms with E-state index in [0.29, 0.717) is 11.4 Å². The number of anilines is 3. The zero-order chi connectivity index (χ0) is 26.1. The Morgan fingerprint density at radius 1 is 1.16 bits per heavy atom. The molecule has 2 aromatic heterocycles. The fourth-order valence-corrected chi connectivity index (χ4v) is 4.45. The monoisotopic (exact) mass is 503 g/mol. The summed E-state index contributed by atoms with van der Waals surface area (Å²) in [6.07, 6.45) is 1.17. The van der Waals surface area contributed by atoms with E-state index < -0.39 is 23.3 Å². The van der Waals surface area contributed by atoms with E-state index in [-0.39, 0.29) is 28.3 Å². The van der Waals surface area contributed by atoms with Crippen LogP contribution in [0.25, 0.3) is 15.7 Å². The Hall–Kier alpha value is -4.56. The zero-order valence-electron chi connectivity index (χ0n) is 20.2. The second-order valence-electron chi connectivity index (χ2n) is 8.57. The molecule has 1 fully saturated rings. The van der Waals surface area contributed by atoms with Gasteiger partial charge >= 0.3 is 0 Å². The largest absolute Gasteiger partial charge is 0.446 e. The predicted molar refractivity (Wildman–Crippen MR) is 136 cm³/mol. The SMILES string of the molecule is [C-]#[N+]c1c(Nc2ccc(N3CCNCC3)cc2)ncnc1Oc1cc(F)c2c(cc(C)n2C(C)=O)c1F. The molecule has 0 atom stereocenters. The van der Waals surface area contributed by atoms with Crippen molar-refractivity contribution < 1.29 is 18.3 Å². The molecule has 0 spiro atoms. The fraction of sp³-hybridized carbons (Fsp3) is 0.231. The molecule has 9 nitrogen and oxygen atoms in total. The number of piperazine rings is 1. The van der Waals surface area contributed by atoms with E-state index in [1.54, 1.807) is 6.92 Å². The molecule has 1 aliphatic heterocycles. The van der Waals surface area contributed by atoms with Gasteiger partial charge in [0.05, 0.1) is 12.1 Å². The van der Waals surface area contributed by atoms with Crippen molar-refractivity contribution in [2.45, 2.75) is 13.8 Å². The zero-order valence-corrected chi connectivity index (χ0v) is 20.2. The number of nitrogens with one attached hydrogen (secondary N) is 2. The quantitative estimate of drug-likeness (QED) is 0.363. The molecular formula is C26H23F2N7O2. The van der Waals surface area contributed by atoms with Gasteiger partial charge in [0.25, 0.3) is 5.69 Å². The number of carbonyl (C=O) groups is 1. The molecule has 3 heterocycles. The van der Waals surface area contributed by atoms with Gasteiger partial charge in [-0.3, -0.25) is 9.36 Å². The number of carbonyl (C=O) groups excluding carboxylic acids is 1. The van der Waals surface area contributed by atoms with Crippen LogP contribution in [0.1, 0.15) is 17.4 Å². The van der Waals surface area contributed by atoms with Gasteiger partial charge in [0.2, 0.25) is 11.8 Å². The molecule has 37 heavy (non-hydrogen) atoms. The van der Waals surface area contributed by atoms with Crippen LogP contribution in [-0.4, -0.2) is 46.6 Å². The summed E-state index contributed by atoms with van der Waals surface area (Å²) in [7, 11) is 0. The molecule has 1 aliphatic rings. The highest BCUT2D eigenvalue weighted by atomic mass is 19.1. The highest BCUT2D eigenvalue weighted by Crippen LogP contribution is 2.39. The standard InChI is InChI=1S/C26H23F2N7O2/c1-15-12-19-22(28)21(13-20(27)24(19)35(15)16(2)36)37-26-23(29-3)25(31-14-32-26)33-17-4-6-18(7-5-17)34-10-8-30-9-11-34/h4-7,12-14,30H,8-11H2,1-2H3,(H,31,32,33). The average molecular weight is 504 g/mol. The van der Waals surface area contributed by atoms with Crippen LogP contribution in [-0.2, 0) is 0 Å². The molecule has 0 bridgehead atoms. The second kappa shape index (κ2) is 9.83. The van der Waals surface area contributed by atoms with E-state index in [2.05, 4.69) is 30.3 Å². The van der Waals surface area contributed by atoms with Crippen molar-refractivity contribution in [1.82, 2.24) is 19.9 Å². The highest BCUT2D eigenvalue weighted by molar-refractivity contribution is 5.94. The van der Waals surface area contributed by atoms with Crippen molar-refractivity contribution in [3.05, 3.63) is 71.5 Å². The number of aryl methyl sites for hydroxylation is 1. The summed E-state index contributed by atoms with van der Waals surface area (Å²) in [5.41, 5.74) is 1.90. The van der Waals surface area contributed by atoms with Gasteiger partial charge in [0, 0.05) is 61.6 Å². The molecule has 11 heteroatoms. The van der Waals surface area contributed by atoms with Gasteiger partial charge in [-0.15, -0.1) is 0 Å². The first-order chi connectivity index (χ1) is 17.9. The number of fused-ring (bicyclic) bond motifs is 1. The van der Waals surface area contributed by atoms with Crippen LogP contribution in [0.15, 0.2) is 42.7 Å². The van der Waals surface area contributed by atoms with Gasteiger partial charge in [-0.25, -0.2) is 23.6 Å². The van der Waals surface area contributed by atoms with E-state index in [4.69, 9.17) is 11.3 Å². The Kier molecular flexibility index (Phi) is 6.42. The Labute approximate surface area is 211 Å². The first-order valence-electron chi connectivity index (χ1n) is 11.6. The van der Waals surface area contributed by atoms with Crippen LogP contribution in [0.3, 0.4) is 0 Å². The maximum atomic E-state index is 15.3. The molecule has 0 radical (unpaired) electrons. The Morgan fingerprint density at radius 2 is 1.89 bits per heavy atom. The third-order valence-corrected chi connectivity index (χ3v) is 6.16. The Bertz CT molecular complexity index is 1540. The molecule has 0 saturated carbocycles. The lowest BCUT2D eigenvalue weighted by Crippen LogP contribution is -2.43. The minimum Gasteiger partial charge on any atom is -0.446 e. The minimum atomic E-state index is -0.868. The van der Waals surface area contributed by atoms with E-state index in [9.17, 15) is 9.18 Å². The first-order valence-corrected chi connectivity index (χ1v) is 11.6. The highest BCUT2D eigenvalue weighted by Gasteiger charge is 2.23. The lowest BCUT2D eigenvalue weighted by molar-refractivity contribution is 0.0939. The minimum absolute atomic E-state index is 0.0916. The molecule has 0 unspecified atom stereocenters. The van der Waals surface area contributed by atoms with Crippen LogP contribution in [0.4, 0.5) is 31.7 Å². The molecule has 0 aliphatic carbocycles. The molecular weight excluding hydrogens is 480 g/mol. The van der Waals surface area contributed by atoms with Gasteiger partial charge in [0.15, 0.2) is 17.4 Å². The summed E-state index contributed by atoms with van der Waals surface area (Å²) < 4.78 is 36.9. The number of halogens is 2. The number of aromatic nitrogens is 3. The van der Waals surface area contributed by atoms with Crippen LogP contribution in [0.2, 0.25) is 0 Å². The van der Waals surface area contributed by atoms with Gasteiger partial charge < -0.3 is 20.3 Å². The molecule has 5 rings (SSSR count). The van der Waals surface area contributed by atoms with Crippen molar-refractivity contribution in [2.24, 2.45) is 0 Å². The summed E-state index contributed by atoms with van der Waals surface area (Å²) in [6, 6.07) is 9.92. The van der Waals surface area contributed by atoms with Gasteiger partial charge in [-0.05, 0) is 37.3 Å². The Morgan fingerprint density at radius 3 is 2.57 bits per heavy atom. The lowest BCUT2D eigenvalue weighted by Gasteiger charge is -2.29. The normalized spacial score (nSPS) is 13.4. The summed E-state index contributed by atoms with van der Waals surface area (Å²) in [4.78, 5) is 25.8. The summed E-state index contributed by atoms with van der Waals surface area (Å²) in [6.45, 7) is 14.2. The lowest BCUT2D eigenvalue weighted by atomic mass is 10.2. The Balaban J connectivity index is 1.44. The van der Waals surface area contributed by atoms with E-state index in [0.717, 1.165) is 42.5 Å². The van der Waals surface area contributed by atoms with Crippen LogP contribution in [0.5, 0.6) is 11.6 Å². The maximum Gasteiger partial charge on any atom is 0.288 e. The molecule has 2 aromatic carbocycles. The van der Waals surface area contributed by atoms with Crippen LogP contribution >= 0.6 is 0 Å². The van der Waals surface area contributed by atoms with Crippen LogP contribution in [0, 0.1) is 25.1 Å². The van der Waals surface area contributed by atoms with E-state index >= 15 is 4.39 Å². The number of rotatable bonds is 5. The number of hydrogen-bond donors (Lipinski definition) is 2. The number of benzene rings is 2. The van der Waals surface area contributed by atoms with Crippen molar-refractivity contribution in [2.75, 3.05) is 36.4 Å². The molecule has 188 valence electrons. The van der Waals surface area contributed by atoms with Crippen molar-refractivity contribution in [3.8, 4) is 11.6 Å². The predicted octanol–water partition coefficient (Wildman–Crippen LogP) is 5.17. The fourth-order valence-electron chi connectivity index (χ4n) is 4.45. The average Bonchev–Trinajstić information content (AvgIpc) is 3.26. The van der Waals surface area contributed by atoms with Crippen molar-refractivity contribution in [3.63, 3.8) is 0 Å². The number of nitrogens with zero attached hydrogens (tertiary/aromatic N) is 5. The number of ether oxygens (including phenoxy) is 1.